The molecule has 0 N–H and O–H groups in total. The lowest BCUT2D eigenvalue weighted by Crippen LogP contribution is -2.25. The summed E-state index contributed by atoms with van der Waals surface area (Å²) in [5.74, 6) is 0. The molecule has 0 saturated heterocycles. The highest BCUT2D eigenvalue weighted by Gasteiger charge is 2.51. The van der Waals surface area contributed by atoms with Crippen LogP contribution in [0.2, 0.25) is 0 Å². The second-order valence-corrected chi connectivity index (χ2v) is 13.1. The highest BCUT2D eigenvalue weighted by atomic mass is 79.9. The number of benzene rings is 6. The first-order valence-electron chi connectivity index (χ1n) is 14.4. The molecule has 1 heteroatoms. The van der Waals surface area contributed by atoms with Crippen molar-refractivity contribution >= 4 is 15.9 Å². The maximum absolute atomic E-state index is 3.71. The Balaban J connectivity index is 1.30. The molecule has 9 rings (SSSR count). The topological polar surface area (TPSA) is 0 Å². The van der Waals surface area contributed by atoms with E-state index in [0.717, 1.165) is 4.47 Å². The molecule has 0 nitrogen and oxygen atoms in total. The minimum atomic E-state index is -0.312. The lowest BCUT2D eigenvalue weighted by molar-refractivity contribution is 0.660. The minimum absolute atomic E-state index is 0.0536. The van der Waals surface area contributed by atoms with E-state index in [1.54, 1.807) is 0 Å². The van der Waals surface area contributed by atoms with Crippen molar-refractivity contribution < 1.29 is 0 Å². The van der Waals surface area contributed by atoms with Gasteiger partial charge < -0.3 is 0 Å². The molecule has 194 valence electrons. The van der Waals surface area contributed by atoms with Gasteiger partial charge in [-0.05, 0) is 102 Å². The van der Waals surface area contributed by atoms with Crippen molar-refractivity contribution in [1.82, 2.24) is 0 Å². The van der Waals surface area contributed by atoms with E-state index < -0.39 is 0 Å². The lowest BCUT2D eigenvalue weighted by Gasteiger charge is -2.30. The fraction of sp³-hybridized carbons (Fsp3) is 0.100. The molecule has 0 aromatic heterocycles. The summed E-state index contributed by atoms with van der Waals surface area (Å²) in [6.45, 7) is 4.71. The SMILES string of the molecule is CC1(C)c2cc(Br)ccc2-c2ccc(-c3ccc4c(c3)C3(c5ccccc5-c5ccccc53)c3ccccc3-4)cc21. The maximum Gasteiger partial charge on any atom is 0.0725 e. The monoisotopic (exact) mass is 586 g/mol. The second-order valence-electron chi connectivity index (χ2n) is 12.2. The van der Waals surface area contributed by atoms with Gasteiger partial charge in [-0.25, -0.2) is 0 Å². The van der Waals surface area contributed by atoms with Crippen LogP contribution in [0.3, 0.4) is 0 Å². The maximum atomic E-state index is 3.71. The van der Waals surface area contributed by atoms with E-state index in [4.69, 9.17) is 0 Å². The summed E-state index contributed by atoms with van der Waals surface area (Å²) in [7, 11) is 0. The summed E-state index contributed by atoms with van der Waals surface area (Å²) >= 11 is 3.71. The van der Waals surface area contributed by atoms with Crippen LogP contribution >= 0.6 is 15.9 Å². The first-order chi connectivity index (χ1) is 20.0. The third-order valence-electron chi connectivity index (χ3n) is 9.97. The Morgan fingerprint density at radius 3 is 1.32 bits per heavy atom. The lowest BCUT2D eigenvalue weighted by atomic mass is 9.70. The van der Waals surface area contributed by atoms with Crippen LogP contribution in [0.4, 0.5) is 0 Å². The number of fused-ring (bicyclic) bond motifs is 13. The highest BCUT2D eigenvalue weighted by molar-refractivity contribution is 9.10. The third-order valence-corrected chi connectivity index (χ3v) is 10.5. The zero-order valence-electron chi connectivity index (χ0n) is 23.0. The smallest absolute Gasteiger partial charge is 0.0619 e. The molecule has 1 spiro atoms. The van der Waals surface area contributed by atoms with E-state index in [1.807, 2.05) is 0 Å². The Bertz CT molecular complexity index is 2030. The Morgan fingerprint density at radius 1 is 0.390 bits per heavy atom. The van der Waals surface area contributed by atoms with E-state index in [2.05, 4.69) is 157 Å². The van der Waals surface area contributed by atoms with Crippen molar-refractivity contribution in [2.75, 3.05) is 0 Å². The van der Waals surface area contributed by atoms with E-state index >= 15 is 0 Å². The Hall–Kier alpha value is -4.20. The molecule has 0 amide bonds. The third kappa shape index (κ3) is 2.85. The van der Waals surface area contributed by atoms with Gasteiger partial charge in [-0.2, -0.15) is 0 Å². The van der Waals surface area contributed by atoms with Crippen LogP contribution in [0.15, 0.2) is 132 Å². The van der Waals surface area contributed by atoms with E-state index in [0.29, 0.717) is 0 Å². The van der Waals surface area contributed by atoms with Crippen molar-refractivity contribution in [3.05, 3.63) is 165 Å². The predicted molar refractivity (Wildman–Crippen MR) is 173 cm³/mol. The normalized spacial score (nSPS) is 15.6. The summed E-state index contributed by atoms with van der Waals surface area (Å²) in [6.07, 6.45) is 0. The second kappa shape index (κ2) is 7.96. The fourth-order valence-corrected chi connectivity index (χ4v) is 8.52. The molecule has 6 aromatic carbocycles. The molecule has 0 bridgehead atoms. The van der Waals surface area contributed by atoms with Gasteiger partial charge >= 0.3 is 0 Å². The molecule has 0 atom stereocenters. The number of rotatable bonds is 1. The minimum Gasteiger partial charge on any atom is -0.0619 e. The van der Waals surface area contributed by atoms with Crippen LogP contribution in [0.25, 0.3) is 44.5 Å². The van der Waals surface area contributed by atoms with Gasteiger partial charge in [0.15, 0.2) is 0 Å². The average Bonchev–Trinajstić information content (AvgIpc) is 3.56. The number of halogens is 1. The van der Waals surface area contributed by atoms with Crippen LogP contribution in [-0.2, 0) is 10.8 Å². The average molecular weight is 588 g/mol. The molecule has 3 aliphatic rings. The Labute approximate surface area is 249 Å². The van der Waals surface area contributed by atoms with Crippen molar-refractivity contribution in [3.8, 4) is 44.5 Å². The van der Waals surface area contributed by atoms with E-state index in [1.165, 1.54) is 77.9 Å². The zero-order chi connectivity index (χ0) is 27.5. The van der Waals surface area contributed by atoms with Crippen LogP contribution < -0.4 is 0 Å². The van der Waals surface area contributed by atoms with Crippen molar-refractivity contribution in [1.29, 1.82) is 0 Å². The van der Waals surface area contributed by atoms with Crippen LogP contribution in [0.1, 0.15) is 47.2 Å². The Morgan fingerprint density at radius 2 is 0.780 bits per heavy atom. The first-order valence-corrected chi connectivity index (χ1v) is 15.2. The zero-order valence-corrected chi connectivity index (χ0v) is 24.6. The van der Waals surface area contributed by atoms with Crippen molar-refractivity contribution in [3.63, 3.8) is 0 Å². The van der Waals surface area contributed by atoms with Gasteiger partial charge in [0.1, 0.15) is 0 Å². The molecule has 0 heterocycles. The molecule has 3 aliphatic carbocycles. The summed E-state index contributed by atoms with van der Waals surface area (Å²) in [6, 6.07) is 48.1. The molecule has 0 unspecified atom stereocenters. The van der Waals surface area contributed by atoms with Crippen LogP contribution in [0.5, 0.6) is 0 Å². The standard InChI is InChI=1S/C40H27Br/c1-39(2)36-21-24(15-18-30(36)31-20-17-26(41)23-37(31)39)25-16-19-32-29-11-5-8-14-35(29)40(38(32)22-25)33-12-6-3-9-27(33)28-10-4-7-13-34(28)40/h3-23H,1-2H3. The summed E-state index contributed by atoms with van der Waals surface area (Å²) in [5, 5.41) is 0. The molecule has 0 fully saturated rings. The molecule has 0 saturated carbocycles. The quantitative estimate of drug-likeness (QED) is 0.179. The molecule has 6 aromatic rings. The van der Waals surface area contributed by atoms with Gasteiger partial charge in [0, 0.05) is 9.89 Å². The van der Waals surface area contributed by atoms with Crippen LogP contribution in [-0.4, -0.2) is 0 Å². The van der Waals surface area contributed by atoms with Crippen molar-refractivity contribution in [2.45, 2.75) is 24.7 Å². The van der Waals surface area contributed by atoms with Gasteiger partial charge in [0.25, 0.3) is 0 Å². The predicted octanol–water partition coefficient (Wildman–Crippen LogP) is 10.8. The van der Waals surface area contributed by atoms with E-state index in [-0.39, 0.29) is 10.8 Å². The van der Waals surface area contributed by atoms with Gasteiger partial charge in [-0.15, -0.1) is 0 Å². The molecule has 0 aliphatic heterocycles. The highest BCUT2D eigenvalue weighted by Crippen LogP contribution is 2.63. The Kier molecular flexibility index (Phi) is 4.56. The number of hydrogen-bond acceptors (Lipinski definition) is 0. The first kappa shape index (κ1) is 23.5. The molecular formula is C40H27Br. The van der Waals surface area contributed by atoms with Crippen molar-refractivity contribution in [2.24, 2.45) is 0 Å². The summed E-state index contributed by atoms with van der Waals surface area (Å²) in [4.78, 5) is 0. The van der Waals surface area contributed by atoms with Crippen LogP contribution in [0, 0.1) is 0 Å². The number of hydrogen-bond donors (Lipinski definition) is 0. The molecule has 0 radical (unpaired) electrons. The molecule has 41 heavy (non-hydrogen) atoms. The van der Waals surface area contributed by atoms with Gasteiger partial charge in [0.05, 0.1) is 5.41 Å². The largest absolute Gasteiger partial charge is 0.0725 e. The van der Waals surface area contributed by atoms with Gasteiger partial charge in [-0.1, -0.05) is 133 Å². The molecular weight excluding hydrogens is 560 g/mol. The van der Waals surface area contributed by atoms with Gasteiger partial charge in [0.2, 0.25) is 0 Å². The summed E-state index contributed by atoms with van der Waals surface area (Å²) in [5.41, 5.74) is 18.6. The summed E-state index contributed by atoms with van der Waals surface area (Å²) < 4.78 is 1.14. The fourth-order valence-electron chi connectivity index (χ4n) is 8.16. The van der Waals surface area contributed by atoms with Gasteiger partial charge in [-0.3, -0.25) is 0 Å². The van der Waals surface area contributed by atoms with E-state index in [9.17, 15) is 0 Å².